The van der Waals surface area contributed by atoms with Crippen molar-refractivity contribution in [3.63, 3.8) is 0 Å². The Balaban J connectivity index is 1.37. The van der Waals surface area contributed by atoms with E-state index in [0.29, 0.717) is 39.7 Å². The van der Waals surface area contributed by atoms with Crippen molar-refractivity contribution in [1.29, 1.82) is 0 Å². The highest BCUT2D eigenvalue weighted by atomic mass is 35.5. The molecule has 0 heterocycles. The van der Waals surface area contributed by atoms with Gasteiger partial charge in [-0.15, -0.1) is 11.8 Å². The van der Waals surface area contributed by atoms with Gasteiger partial charge < -0.3 is 20.7 Å². The van der Waals surface area contributed by atoms with Crippen LogP contribution in [-0.2, 0) is 14.3 Å². The maximum atomic E-state index is 13.4. The molecule has 0 fully saturated rings. The summed E-state index contributed by atoms with van der Waals surface area (Å²) >= 11 is 7.61. The molecule has 3 amide bonds. The van der Waals surface area contributed by atoms with Crippen LogP contribution < -0.4 is 16.0 Å². The summed E-state index contributed by atoms with van der Waals surface area (Å²) in [5, 5.41) is 8.75. The summed E-state index contributed by atoms with van der Waals surface area (Å²) < 4.78 is 5.21. The average Bonchev–Trinajstić information content (AvgIpc) is 3.05. The Hall–Kier alpha value is -4.86. The van der Waals surface area contributed by atoms with Gasteiger partial charge in [-0.1, -0.05) is 67.4 Å². The first kappa shape index (κ1) is 33.0. The summed E-state index contributed by atoms with van der Waals surface area (Å²) in [6.45, 7) is 2.40. The molecule has 0 unspecified atom stereocenters. The molecule has 4 aromatic rings. The van der Waals surface area contributed by atoms with E-state index < -0.39 is 17.8 Å². The maximum absolute atomic E-state index is 13.4. The Bertz CT molecular complexity index is 1680. The Labute approximate surface area is 271 Å². The van der Waals surface area contributed by atoms with Crippen LogP contribution in [0, 0.1) is 0 Å². The monoisotopic (exact) mass is 641 g/mol. The van der Waals surface area contributed by atoms with E-state index in [-0.39, 0.29) is 17.4 Å². The molecule has 0 atom stereocenters. The number of ether oxygens (including phenoxy) is 1. The molecule has 0 spiro atoms. The number of benzene rings is 4. The molecule has 0 saturated carbocycles. The Morgan fingerprint density at radius 2 is 1.53 bits per heavy atom. The zero-order chi connectivity index (χ0) is 32.0. The highest BCUT2D eigenvalue weighted by Gasteiger charge is 2.16. The molecular weight excluding hydrogens is 610 g/mol. The standard InChI is InChI=1S/C35H32ClN3O5S/c1-2-3-20-44-35(43)25-16-18-27(19-17-25)37-32(40)23-45-29-14-9-13-28(22-29)38-34(42)31(21-26-12-7-8-15-30(26)36)39-33(41)24-10-5-4-6-11-24/h4-19,21-22H,2-3,20,23H2,1H3,(H,37,40)(H,38,42)(H,39,41)/b31-21+. The third-order valence-corrected chi connectivity index (χ3v) is 7.67. The van der Waals surface area contributed by atoms with Crippen molar-refractivity contribution in [2.75, 3.05) is 23.0 Å². The summed E-state index contributed by atoms with van der Waals surface area (Å²) in [5.74, 6) is -1.50. The average molecular weight is 642 g/mol. The van der Waals surface area contributed by atoms with Crippen LogP contribution in [0.4, 0.5) is 11.4 Å². The number of unbranched alkanes of at least 4 members (excludes halogenated alkanes) is 1. The number of hydrogen-bond acceptors (Lipinski definition) is 6. The third kappa shape index (κ3) is 10.4. The molecule has 0 aromatic heterocycles. The van der Waals surface area contributed by atoms with Crippen molar-refractivity contribution in [3.05, 3.63) is 131 Å². The van der Waals surface area contributed by atoms with Crippen LogP contribution in [0.15, 0.2) is 114 Å². The third-order valence-electron chi connectivity index (χ3n) is 6.33. The first-order chi connectivity index (χ1) is 21.8. The van der Waals surface area contributed by atoms with Crippen molar-refractivity contribution >= 4 is 64.5 Å². The second-order valence-electron chi connectivity index (χ2n) is 9.79. The first-order valence-electron chi connectivity index (χ1n) is 14.3. The molecule has 45 heavy (non-hydrogen) atoms. The van der Waals surface area contributed by atoms with Gasteiger partial charge in [0, 0.05) is 26.9 Å². The molecule has 10 heteroatoms. The summed E-state index contributed by atoms with van der Waals surface area (Å²) in [4.78, 5) is 51.7. The largest absolute Gasteiger partial charge is 0.462 e. The molecule has 0 bridgehead atoms. The number of carbonyl (C=O) groups is 4. The van der Waals surface area contributed by atoms with Crippen molar-refractivity contribution in [2.24, 2.45) is 0 Å². The van der Waals surface area contributed by atoms with E-state index >= 15 is 0 Å². The van der Waals surface area contributed by atoms with Crippen LogP contribution in [0.3, 0.4) is 0 Å². The lowest BCUT2D eigenvalue weighted by Gasteiger charge is -2.12. The zero-order valence-corrected chi connectivity index (χ0v) is 26.1. The zero-order valence-electron chi connectivity index (χ0n) is 24.5. The number of anilines is 2. The molecular formula is C35H32ClN3O5S. The van der Waals surface area contributed by atoms with Crippen LogP contribution in [0.1, 0.15) is 46.0 Å². The van der Waals surface area contributed by atoms with Gasteiger partial charge in [0.05, 0.1) is 17.9 Å². The van der Waals surface area contributed by atoms with E-state index in [0.717, 1.165) is 17.7 Å². The maximum Gasteiger partial charge on any atom is 0.338 e. The fourth-order valence-corrected chi connectivity index (χ4v) is 4.93. The highest BCUT2D eigenvalue weighted by Crippen LogP contribution is 2.23. The first-order valence-corrected chi connectivity index (χ1v) is 15.6. The van der Waals surface area contributed by atoms with Crippen molar-refractivity contribution < 1.29 is 23.9 Å². The summed E-state index contributed by atoms with van der Waals surface area (Å²) in [6, 6.07) is 29.1. The van der Waals surface area contributed by atoms with Crippen LogP contribution in [0.25, 0.3) is 6.08 Å². The minimum Gasteiger partial charge on any atom is -0.462 e. The van der Waals surface area contributed by atoms with Gasteiger partial charge in [0.25, 0.3) is 11.8 Å². The van der Waals surface area contributed by atoms with E-state index in [9.17, 15) is 19.2 Å². The molecule has 4 aromatic carbocycles. The lowest BCUT2D eigenvalue weighted by molar-refractivity contribution is -0.114. The lowest BCUT2D eigenvalue weighted by atomic mass is 10.1. The summed E-state index contributed by atoms with van der Waals surface area (Å²) in [7, 11) is 0. The van der Waals surface area contributed by atoms with Crippen LogP contribution in [0.2, 0.25) is 5.02 Å². The smallest absolute Gasteiger partial charge is 0.338 e. The van der Waals surface area contributed by atoms with Crippen LogP contribution >= 0.6 is 23.4 Å². The topological polar surface area (TPSA) is 114 Å². The molecule has 3 N–H and O–H groups in total. The molecule has 8 nitrogen and oxygen atoms in total. The predicted octanol–water partition coefficient (Wildman–Crippen LogP) is 7.44. The van der Waals surface area contributed by atoms with E-state index in [4.69, 9.17) is 16.3 Å². The highest BCUT2D eigenvalue weighted by molar-refractivity contribution is 8.00. The van der Waals surface area contributed by atoms with Crippen molar-refractivity contribution in [2.45, 2.75) is 24.7 Å². The van der Waals surface area contributed by atoms with Gasteiger partial charge in [0.15, 0.2) is 0 Å². The van der Waals surface area contributed by atoms with Crippen molar-refractivity contribution in [3.8, 4) is 0 Å². The number of hydrogen-bond donors (Lipinski definition) is 3. The van der Waals surface area contributed by atoms with E-state index in [1.165, 1.54) is 17.8 Å². The number of esters is 1. The number of halogens is 1. The summed E-state index contributed by atoms with van der Waals surface area (Å²) in [6.07, 6.45) is 3.26. The normalized spacial score (nSPS) is 10.9. The second kappa shape index (κ2) is 16.8. The minimum absolute atomic E-state index is 0.00891. The SMILES string of the molecule is CCCCOC(=O)c1ccc(NC(=O)CSc2cccc(NC(=O)/C(=C\c3ccccc3Cl)NC(=O)c3ccccc3)c2)cc1. The van der Waals surface area contributed by atoms with Crippen LogP contribution in [0.5, 0.6) is 0 Å². The van der Waals surface area contributed by atoms with Crippen LogP contribution in [-0.4, -0.2) is 36.1 Å². The Morgan fingerprint density at radius 1 is 0.800 bits per heavy atom. The molecule has 0 aliphatic carbocycles. The summed E-state index contributed by atoms with van der Waals surface area (Å²) in [5.41, 5.74) is 2.42. The second-order valence-corrected chi connectivity index (χ2v) is 11.2. The fraction of sp³-hybridized carbons (Fsp3) is 0.143. The minimum atomic E-state index is -0.545. The number of rotatable bonds is 13. The Morgan fingerprint density at radius 3 is 2.27 bits per heavy atom. The fourth-order valence-electron chi connectivity index (χ4n) is 3.98. The molecule has 0 aliphatic rings. The van der Waals surface area contributed by atoms with Gasteiger partial charge in [-0.3, -0.25) is 14.4 Å². The molecule has 0 saturated heterocycles. The van der Waals surface area contributed by atoms with Gasteiger partial charge in [0.2, 0.25) is 5.91 Å². The van der Waals surface area contributed by atoms with Crippen molar-refractivity contribution in [1.82, 2.24) is 5.32 Å². The van der Waals surface area contributed by atoms with E-state index in [1.807, 2.05) is 13.0 Å². The number of carbonyl (C=O) groups excluding carboxylic acids is 4. The Kier molecular flexibility index (Phi) is 12.4. The number of thioether (sulfide) groups is 1. The molecule has 0 radical (unpaired) electrons. The van der Waals surface area contributed by atoms with Gasteiger partial charge in [-0.2, -0.15) is 0 Å². The lowest BCUT2D eigenvalue weighted by Crippen LogP contribution is -2.30. The van der Waals surface area contributed by atoms with Gasteiger partial charge >= 0.3 is 5.97 Å². The van der Waals surface area contributed by atoms with Gasteiger partial charge in [-0.25, -0.2) is 4.79 Å². The van der Waals surface area contributed by atoms with E-state index in [2.05, 4.69) is 16.0 Å². The van der Waals surface area contributed by atoms with Gasteiger partial charge in [-0.05, 0) is 78.7 Å². The molecule has 0 aliphatic heterocycles. The molecule has 4 rings (SSSR count). The van der Waals surface area contributed by atoms with Gasteiger partial charge in [0.1, 0.15) is 5.70 Å². The number of nitrogens with one attached hydrogen (secondary N) is 3. The quantitative estimate of drug-likeness (QED) is 0.0605. The number of amides is 3. The van der Waals surface area contributed by atoms with E-state index in [1.54, 1.807) is 97.1 Å². The predicted molar refractivity (Wildman–Crippen MR) is 179 cm³/mol. The molecule has 230 valence electrons.